The van der Waals surface area contributed by atoms with E-state index in [0.29, 0.717) is 23.3 Å². The van der Waals surface area contributed by atoms with Crippen LogP contribution in [0.5, 0.6) is 0 Å². The Bertz CT molecular complexity index is 980. The van der Waals surface area contributed by atoms with Crippen molar-refractivity contribution in [2.75, 3.05) is 23.4 Å². The molecular formula is C22H26N4O5. The lowest BCUT2D eigenvalue weighted by molar-refractivity contribution is -0.147. The summed E-state index contributed by atoms with van der Waals surface area (Å²) in [6, 6.07) is 11.4. The first-order chi connectivity index (χ1) is 15.0. The van der Waals surface area contributed by atoms with Crippen LogP contribution < -0.4 is 10.2 Å². The van der Waals surface area contributed by atoms with Gasteiger partial charge in [-0.3, -0.25) is 9.59 Å². The Kier molecular flexibility index (Phi) is 7.42. The van der Waals surface area contributed by atoms with Crippen LogP contribution >= 0.6 is 0 Å². The van der Waals surface area contributed by atoms with Gasteiger partial charge in [-0.05, 0) is 57.2 Å². The molecule has 0 spiro atoms. The van der Waals surface area contributed by atoms with Gasteiger partial charge in [0.1, 0.15) is 0 Å². The van der Waals surface area contributed by atoms with E-state index >= 15 is 0 Å². The molecule has 3 aromatic rings. The van der Waals surface area contributed by atoms with E-state index in [2.05, 4.69) is 41.1 Å². The Morgan fingerprint density at radius 2 is 1.97 bits per heavy atom. The van der Waals surface area contributed by atoms with Crippen LogP contribution in [0, 0.1) is 0 Å². The number of hydrogen-bond acceptors (Lipinski definition) is 8. The lowest BCUT2D eigenvalue weighted by atomic mass is 10.2. The van der Waals surface area contributed by atoms with E-state index < -0.39 is 11.9 Å². The predicted molar refractivity (Wildman–Crippen MR) is 115 cm³/mol. The van der Waals surface area contributed by atoms with E-state index in [-0.39, 0.29) is 25.3 Å². The van der Waals surface area contributed by atoms with E-state index in [4.69, 9.17) is 13.7 Å². The number of nitrogens with one attached hydrogen (secondary N) is 1. The fourth-order valence-corrected chi connectivity index (χ4v) is 3.07. The monoisotopic (exact) mass is 426 g/mol. The number of esters is 1. The maximum Gasteiger partial charge on any atom is 0.306 e. The van der Waals surface area contributed by atoms with Crippen LogP contribution in [0.15, 0.2) is 51.6 Å². The van der Waals surface area contributed by atoms with Gasteiger partial charge in [0.05, 0.1) is 12.7 Å². The van der Waals surface area contributed by atoms with E-state index in [1.165, 1.54) is 6.26 Å². The molecule has 0 unspecified atom stereocenters. The molecule has 0 saturated carbocycles. The normalized spacial score (nSPS) is 10.8. The average Bonchev–Trinajstić information content (AvgIpc) is 3.44. The molecule has 0 fully saturated rings. The second-order valence-corrected chi connectivity index (χ2v) is 7.12. The lowest BCUT2D eigenvalue weighted by Crippen LogP contribution is -2.30. The quantitative estimate of drug-likeness (QED) is 0.489. The van der Waals surface area contributed by atoms with Gasteiger partial charge in [0.25, 0.3) is 5.91 Å². The van der Waals surface area contributed by atoms with Crippen LogP contribution in [-0.2, 0) is 20.7 Å². The fraction of sp³-hybridized carbons (Fsp3) is 0.364. The summed E-state index contributed by atoms with van der Waals surface area (Å²) in [5.74, 6) is 0.146. The van der Waals surface area contributed by atoms with Crippen LogP contribution in [0.3, 0.4) is 0 Å². The molecule has 0 bridgehead atoms. The number of aryl methyl sites for hydroxylation is 1. The maximum absolute atomic E-state index is 12.1. The molecule has 31 heavy (non-hydrogen) atoms. The first-order valence-corrected chi connectivity index (χ1v) is 10.1. The highest BCUT2D eigenvalue weighted by Gasteiger charge is 2.14. The van der Waals surface area contributed by atoms with Crippen molar-refractivity contribution < 1.29 is 23.3 Å². The number of aromatic nitrogens is 2. The van der Waals surface area contributed by atoms with Crippen LogP contribution in [0.1, 0.15) is 33.1 Å². The number of carbonyl (C=O) groups excluding carboxylic acids is 2. The molecule has 1 N–H and O–H groups in total. The highest BCUT2D eigenvalue weighted by molar-refractivity contribution is 5.92. The number of hydrogen-bond donors (Lipinski definition) is 1. The molecule has 2 heterocycles. The van der Waals surface area contributed by atoms with Crippen LogP contribution in [0.25, 0.3) is 11.6 Å². The molecule has 0 aliphatic heterocycles. The van der Waals surface area contributed by atoms with Crippen molar-refractivity contribution in [2.45, 2.75) is 39.7 Å². The third-order valence-corrected chi connectivity index (χ3v) is 4.56. The predicted octanol–water partition coefficient (Wildman–Crippen LogP) is 3.68. The van der Waals surface area contributed by atoms with Crippen LogP contribution in [-0.4, -0.2) is 41.2 Å². The minimum Gasteiger partial charge on any atom is -0.461 e. The zero-order valence-electron chi connectivity index (χ0n) is 17.8. The van der Waals surface area contributed by atoms with Gasteiger partial charge < -0.3 is 23.9 Å². The Morgan fingerprint density at radius 3 is 2.61 bits per heavy atom. The second kappa shape index (κ2) is 10.4. The van der Waals surface area contributed by atoms with Crippen molar-refractivity contribution in [1.29, 1.82) is 0 Å². The summed E-state index contributed by atoms with van der Waals surface area (Å²) in [5.41, 5.74) is 1.72. The summed E-state index contributed by atoms with van der Waals surface area (Å²) < 4.78 is 15.3. The van der Waals surface area contributed by atoms with Gasteiger partial charge >= 0.3 is 5.97 Å². The minimum atomic E-state index is -0.529. The molecule has 164 valence electrons. The van der Waals surface area contributed by atoms with E-state index in [1.807, 2.05) is 24.3 Å². The topological polar surface area (TPSA) is 111 Å². The molecule has 2 aromatic heterocycles. The fourth-order valence-electron chi connectivity index (χ4n) is 3.07. The van der Waals surface area contributed by atoms with Gasteiger partial charge in [0.2, 0.25) is 11.7 Å². The summed E-state index contributed by atoms with van der Waals surface area (Å²) in [6.07, 6.45) is 1.73. The summed E-state index contributed by atoms with van der Waals surface area (Å²) in [5, 5.41) is 6.51. The number of amides is 1. The molecule has 1 aromatic carbocycles. The zero-order valence-corrected chi connectivity index (χ0v) is 17.8. The molecular weight excluding hydrogens is 400 g/mol. The summed E-state index contributed by atoms with van der Waals surface area (Å²) >= 11 is 0. The highest BCUT2D eigenvalue weighted by atomic mass is 16.5. The zero-order chi connectivity index (χ0) is 22.2. The number of ether oxygens (including phenoxy) is 1. The van der Waals surface area contributed by atoms with Crippen LogP contribution in [0.4, 0.5) is 11.4 Å². The molecule has 3 rings (SSSR count). The van der Waals surface area contributed by atoms with Gasteiger partial charge in [-0.15, -0.1) is 0 Å². The Hall–Kier alpha value is -3.62. The summed E-state index contributed by atoms with van der Waals surface area (Å²) in [4.78, 5) is 30.4. The van der Waals surface area contributed by atoms with E-state index in [0.717, 1.165) is 12.2 Å². The molecule has 0 radical (unpaired) electrons. The molecule has 9 heteroatoms. The van der Waals surface area contributed by atoms with Gasteiger partial charge in [-0.1, -0.05) is 5.16 Å². The van der Waals surface area contributed by atoms with Crippen molar-refractivity contribution in [3.63, 3.8) is 0 Å². The van der Waals surface area contributed by atoms with Gasteiger partial charge in [0.15, 0.2) is 12.4 Å². The first-order valence-electron chi connectivity index (χ1n) is 10.1. The maximum atomic E-state index is 12.1. The first kappa shape index (κ1) is 22.1. The second-order valence-electron chi connectivity index (χ2n) is 7.12. The van der Waals surface area contributed by atoms with Gasteiger partial charge in [-0.2, -0.15) is 4.98 Å². The van der Waals surface area contributed by atoms with E-state index in [9.17, 15) is 9.59 Å². The largest absolute Gasteiger partial charge is 0.461 e. The number of anilines is 2. The molecule has 1 amide bonds. The average molecular weight is 426 g/mol. The van der Waals surface area contributed by atoms with E-state index in [1.54, 1.807) is 12.1 Å². The Labute approximate surface area is 180 Å². The standard InChI is InChI=1S/C22H26N4O5/c1-4-26(15(2)3)17-9-7-16(8-10-17)23-19(27)14-30-21(28)12-11-20-24-22(25-31-20)18-6-5-13-29-18/h5-10,13,15H,4,11-12,14H2,1-3H3,(H,23,27). The number of rotatable bonds is 10. The summed E-state index contributed by atoms with van der Waals surface area (Å²) in [6.45, 7) is 6.89. The van der Waals surface area contributed by atoms with Crippen molar-refractivity contribution in [1.82, 2.24) is 10.1 Å². The number of furan rings is 1. The van der Waals surface area contributed by atoms with Crippen molar-refractivity contribution >= 4 is 23.3 Å². The lowest BCUT2D eigenvalue weighted by Gasteiger charge is -2.27. The van der Waals surface area contributed by atoms with Crippen molar-refractivity contribution in [3.8, 4) is 11.6 Å². The third-order valence-electron chi connectivity index (χ3n) is 4.56. The molecule has 9 nitrogen and oxygen atoms in total. The van der Waals surface area contributed by atoms with Crippen molar-refractivity contribution in [2.24, 2.45) is 0 Å². The summed E-state index contributed by atoms with van der Waals surface area (Å²) in [7, 11) is 0. The number of carbonyl (C=O) groups is 2. The molecule has 0 aliphatic rings. The SMILES string of the molecule is CCN(c1ccc(NC(=O)COC(=O)CCc2nc(-c3ccco3)no2)cc1)C(C)C. The smallest absolute Gasteiger partial charge is 0.306 e. The highest BCUT2D eigenvalue weighted by Crippen LogP contribution is 2.20. The minimum absolute atomic E-state index is 0.0177. The van der Waals surface area contributed by atoms with Crippen molar-refractivity contribution in [3.05, 3.63) is 48.6 Å². The third kappa shape index (κ3) is 6.18. The Morgan fingerprint density at radius 1 is 1.19 bits per heavy atom. The van der Waals surface area contributed by atoms with Gasteiger partial charge in [0, 0.05) is 30.4 Å². The number of nitrogens with zero attached hydrogens (tertiary/aromatic N) is 3. The Balaban J connectivity index is 1.40. The number of benzene rings is 1. The van der Waals surface area contributed by atoms with Crippen LogP contribution in [0.2, 0.25) is 0 Å². The molecule has 0 aliphatic carbocycles. The molecule has 0 atom stereocenters. The van der Waals surface area contributed by atoms with Gasteiger partial charge in [-0.25, -0.2) is 0 Å². The molecule has 0 saturated heterocycles.